The van der Waals surface area contributed by atoms with Crippen LogP contribution in [0.15, 0.2) is 0 Å². The molecule has 3 nitrogen and oxygen atoms in total. The number of nitrogens with two attached hydrogens (primary N) is 1. The van der Waals surface area contributed by atoms with Gasteiger partial charge in [-0.1, -0.05) is 0 Å². The highest BCUT2D eigenvalue weighted by atomic mass is 19.3. The number of likely N-dealkylation sites (tertiary alicyclic amines) is 1. The second kappa shape index (κ2) is 4.28. The standard InChI is InChI=1S/C11H18F2N2O/c12-11(13)3-1-9(2-4-11)10(16)15-6-8(5-14)7-15/h8-9H,1-7,14H2. The maximum atomic E-state index is 12.9. The molecule has 0 aromatic carbocycles. The molecule has 92 valence electrons. The van der Waals surface area contributed by atoms with E-state index in [0.29, 0.717) is 38.4 Å². The number of alkyl halides is 2. The Balaban J connectivity index is 1.79. The largest absolute Gasteiger partial charge is 0.342 e. The summed E-state index contributed by atoms with van der Waals surface area (Å²) in [7, 11) is 0. The molecule has 0 spiro atoms. The summed E-state index contributed by atoms with van der Waals surface area (Å²) in [5, 5.41) is 0. The minimum absolute atomic E-state index is 0.0557. The number of carbonyl (C=O) groups excluding carboxylic acids is 1. The number of carbonyl (C=O) groups is 1. The number of hydrogen-bond donors (Lipinski definition) is 1. The SMILES string of the molecule is NCC1CN(C(=O)C2CCC(F)(F)CC2)C1. The molecule has 1 saturated heterocycles. The molecular weight excluding hydrogens is 214 g/mol. The minimum Gasteiger partial charge on any atom is -0.342 e. The van der Waals surface area contributed by atoms with E-state index in [1.165, 1.54) is 0 Å². The van der Waals surface area contributed by atoms with E-state index in [9.17, 15) is 13.6 Å². The summed E-state index contributed by atoms with van der Waals surface area (Å²) in [6, 6.07) is 0. The lowest BCUT2D eigenvalue weighted by molar-refractivity contribution is -0.145. The van der Waals surface area contributed by atoms with E-state index in [1.54, 1.807) is 4.90 Å². The van der Waals surface area contributed by atoms with Crippen molar-refractivity contribution >= 4 is 5.91 Å². The first kappa shape index (κ1) is 11.8. The van der Waals surface area contributed by atoms with Gasteiger partial charge in [0.1, 0.15) is 0 Å². The van der Waals surface area contributed by atoms with Crippen molar-refractivity contribution in [2.45, 2.75) is 31.6 Å². The molecule has 0 unspecified atom stereocenters. The van der Waals surface area contributed by atoms with Gasteiger partial charge >= 0.3 is 0 Å². The van der Waals surface area contributed by atoms with Gasteiger partial charge in [-0.05, 0) is 19.4 Å². The summed E-state index contributed by atoms with van der Waals surface area (Å²) in [5.74, 6) is -2.27. The van der Waals surface area contributed by atoms with E-state index >= 15 is 0 Å². The summed E-state index contributed by atoms with van der Waals surface area (Å²) in [6.07, 6.45) is 0.375. The van der Waals surface area contributed by atoms with E-state index in [2.05, 4.69) is 0 Å². The third-order valence-electron chi connectivity index (χ3n) is 3.67. The second-order valence-corrected chi connectivity index (χ2v) is 4.98. The summed E-state index contributed by atoms with van der Waals surface area (Å²) < 4.78 is 25.8. The maximum absolute atomic E-state index is 12.9. The quantitative estimate of drug-likeness (QED) is 0.778. The van der Waals surface area contributed by atoms with Gasteiger partial charge in [-0.25, -0.2) is 8.78 Å². The van der Waals surface area contributed by atoms with Gasteiger partial charge in [-0.15, -0.1) is 0 Å². The zero-order valence-corrected chi connectivity index (χ0v) is 9.29. The van der Waals surface area contributed by atoms with E-state index in [1.807, 2.05) is 0 Å². The molecule has 1 amide bonds. The lowest BCUT2D eigenvalue weighted by Crippen LogP contribution is -2.54. The van der Waals surface area contributed by atoms with Crippen LogP contribution in [0.1, 0.15) is 25.7 Å². The molecule has 1 heterocycles. The van der Waals surface area contributed by atoms with Gasteiger partial charge in [0.2, 0.25) is 11.8 Å². The fraction of sp³-hybridized carbons (Fsp3) is 0.909. The van der Waals surface area contributed by atoms with Crippen molar-refractivity contribution in [2.75, 3.05) is 19.6 Å². The number of nitrogens with zero attached hydrogens (tertiary/aromatic N) is 1. The fourth-order valence-corrected chi connectivity index (χ4v) is 2.44. The molecule has 16 heavy (non-hydrogen) atoms. The Morgan fingerprint density at radius 1 is 1.31 bits per heavy atom. The number of halogens is 2. The third kappa shape index (κ3) is 2.34. The third-order valence-corrected chi connectivity index (χ3v) is 3.67. The molecular formula is C11H18F2N2O. The highest BCUT2D eigenvalue weighted by molar-refractivity contribution is 5.79. The molecule has 0 aromatic heterocycles. The monoisotopic (exact) mass is 232 g/mol. The van der Waals surface area contributed by atoms with Gasteiger partial charge in [0, 0.05) is 37.8 Å². The average molecular weight is 232 g/mol. The van der Waals surface area contributed by atoms with Crippen molar-refractivity contribution in [3.05, 3.63) is 0 Å². The van der Waals surface area contributed by atoms with Crippen LogP contribution in [-0.2, 0) is 4.79 Å². The van der Waals surface area contributed by atoms with Crippen LogP contribution in [-0.4, -0.2) is 36.4 Å². The molecule has 1 aliphatic heterocycles. The first-order valence-electron chi connectivity index (χ1n) is 5.88. The van der Waals surface area contributed by atoms with E-state index in [0.717, 1.165) is 0 Å². The Bertz CT molecular complexity index is 267. The van der Waals surface area contributed by atoms with Crippen LogP contribution in [0, 0.1) is 11.8 Å². The first-order chi connectivity index (χ1) is 7.52. The van der Waals surface area contributed by atoms with Gasteiger partial charge < -0.3 is 10.6 Å². The summed E-state index contributed by atoms with van der Waals surface area (Å²) in [5.41, 5.74) is 5.47. The second-order valence-electron chi connectivity index (χ2n) is 4.98. The van der Waals surface area contributed by atoms with Crippen molar-refractivity contribution in [3.8, 4) is 0 Å². The highest BCUT2D eigenvalue weighted by Crippen LogP contribution is 2.37. The van der Waals surface area contributed by atoms with Gasteiger partial charge in [-0.3, -0.25) is 4.79 Å². The molecule has 0 bridgehead atoms. The Hall–Kier alpha value is -0.710. The number of rotatable bonds is 2. The summed E-state index contributed by atoms with van der Waals surface area (Å²) in [4.78, 5) is 13.6. The number of hydrogen-bond acceptors (Lipinski definition) is 2. The zero-order valence-electron chi connectivity index (χ0n) is 9.29. The lowest BCUT2D eigenvalue weighted by atomic mass is 9.84. The molecule has 1 saturated carbocycles. The molecule has 0 radical (unpaired) electrons. The zero-order chi connectivity index (χ0) is 11.8. The van der Waals surface area contributed by atoms with Crippen molar-refractivity contribution in [2.24, 2.45) is 17.6 Å². The van der Waals surface area contributed by atoms with Gasteiger partial charge in [-0.2, -0.15) is 0 Å². The molecule has 0 atom stereocenters. The Morgan fingerprint density at radius 3 is 2.38 bits per heavy atom. The van der Waals surface area contributed by atoms with E-state index in [-0.39, 0.29) is 24.7 Å². The van der Waals surface area contributed by atoms with Gasteiger partial charge in [0.05, 0.1) is 0 Å². The molecule has 2 aliphatic rings. The lowest BCUT2D eigenvalue weighted by Gasteiger charge is -2.41. The van der Waals surface area contributed by atoms with Crippen LogP contribution < -0.4 is 5.73 Å². The summed E-state index contributed by atoms with van der Waals surface area (Å²) >= 11 is 0. The molecule has 5 heteroatoms. The molecule has 2 fully saturated rings. The predicted octanol–water partition coefficient (Wildman–Crippen LogP) is 1.23. The normalized spacial score (nSPS) is 26.6. The maximum Gasteiger partial charge on any atom is 0.248 e. The minimum atomic E-state index is -2.55. The molecule has 2 rings (SSSR count). The van der Waals surface area contributed by atoms with Crippen molar-refractivity contribution in [3.63, 3.8) is 0 Å². The molecule has 2 N–H and O–H groups in total. The van der Waals surface area contributed by atoms with Gasteiger partial charge in [0.15, 0.2) is 0 Å². The highest BCUT2D eigenvalue weighted by Gasteiger charge is 2.40. The topological polar surface area (TPSA) is 46.3 Å². The van der Waals surface area contributed by atoms with Gasteiger partial charge in [0.25, 0.3) is 0 Å². The van der Waals surface area contributed by atoms with Crippen LogP contribution in [0.3, 0.4) is 0 Å². The van der Waals surface area contributed by atoms with E-state index < -0.39 is 5.92 Å². The fourth-order valence-electron chi connectivity index (χ4n) is 2.44. The van der Waals surface area contributed by atoms with Crippen LogP contribution in [0.2, 0.25) is 0 Å². The van der Waals surface area contributed by atoms with E-state index in [4.69, 9.17) is 5.73 Å². The summed E-state index contributed by atoms with van der Waals surface area (Å²) in [6.45, 7) is 2.02. The Kier molecular flexibility index (Phi) is 3.15. The van der Waals surface area contributed by atoms with Crippen LogP contribution in [0.25, 0.3) is 0 Å². The van der Waals surface area contributed by atoms with Crippen LogP contribution in [0.4, 0.5) is 8.78 Å². The molecule has 0 aromatic rings. The van der Waals surface area contributed by atoms with Crippen molar-refractivity contribution in [1.29, 1.82) is 0 Å². The Labute approximate surface area is 94.0 Å². The van der Waals surface area contributed by atoms with Crippen LogP contribution in [0.5, 0.6) is 0 Å². The smallest absolute Gasteiger partial charge is 0.248 e. The Morgan fingerprint density at radius 2 is 1.88 bits per heavy atom. The predicted molar refractivity (Wildman–Crippen MR) is 56.0 cm³/mol. The average Bonchev–Trinajstić information content (AvgIpc) is 2.15. The van der Waals surface area contributed by atoms with Crippen molar-refractivity contribution < 1.29 is 13.6 Å². The first-order valence-corrected chi connectivity index (χ1v) is 5.88. The van der Waals surface area contributed by atoms with Crippen LogP contribution >= 0.6 is 0 Å². The number of amides is 1. The van der Waals surface area contributed by atoms with Crippen molar-refractivity contribution in [1.82, 2.24) is 4.90 Å². The molecule has 1 aliphatic carbocycles.